The predicted octanol–water partition coefficient (Wildman–Crippen LogP) is 13.7. The maximum absolute atomic E-state index is 6.92. The van der Waals surface area contributed by atoms with Gasteiger partial charge in [-0.15, -0.1) is 40.8 Å². The van der Waals surface area contributed by atoms with E-state index < -0.39 is 0 Å². The summed E-state index contributed by atoms with van der Waals surface area (Å²) in [5.74, 6) is 0.596. The van der Waals surface area contributed by atoms with E-state index in [1.807, 2.05) is 24.4 Å². The maximum Gasteiger partial charge on any atom is 2.00 e. The van der Waals surface area contributed by atoms with Gasteiger partial charge in [0.05, 0.1) is 5.52 Å². The number of benzene rings is 7. The van der Waals surface area contributed by atoms with Crippen LogP contribution in [0.5, 0.6) is 0 Å². The molecule has 0 radical (unpaired) electrons. The fourth-order valence-corrected chi connectivity index (χ4v) is 9.12. The Bertz CT molecular complexity index is 3340. The van der Waals surface area contributed by atoms with E-state index >= 15 is 0 Å². The summed E-state index contributed by atoms with van der Waals surface area (Å²) in [7, 11) is 0. The minimum atomic E-state index is -0.271. The first-order valence-corrected chi connectivity index (χ1v) is 21.1. The number of aromatic nitrogens is 3. The van der Waals surface area contributed by atoms with Crippen LogP contribution in [-0.2, 0) is 31.2 Å². The van der Waals surface area contributed by atoms with Gasteiger partial charge >= 0.3 is 21.1 Å². The third kappa shape index (κ3) is 6.67. The minimum Gasteiger partial charge on any atom is -0.510 e. The Kier molecular flexibility index (Phi) is 9.84. The van der Waals surface area contributed by atoms with Gasteiger partial charge in [0.15, 0.2) is 0 Å². The second-order valence-corrected chi connectivity index (χ2v) is 17.4. The van der Waals surface area contributed by atoms with E-state index in [4.69, 9.17) is 14.7 Å². The molecule has 4 heterocycles. The molecule has 0 amide bonds. The molecule has 2 atom stereocenters. The molecule has 62 heavy (non-hydrogen) atoms. The molecule has 1 aliphatic heterocycles. The molecule has 11 rings (SSSR count). The number of rotatable bonds is 6. The van der Waals surface area contributed by atoms with Crippen molar-refractivity contribution in [2.45, 2.75) is 52.2 Å². The Hall–Kier alpha value is -6.55. The van der Waals surface area contributed by atoms with E-state index in [0.29, 0.717) is 5.90 Å². The van der Waals surface area contributed by atoms with Crippen LogP contribution in [0.25, 0.3) is 66.2 Å². The van der Waals surface area contributed by atoms with Gasteiger partial charge in [0.2, 0.25) is 0 Å². The smallest absolute Gasteiger partial charge is 0.510 e. The van der Waals surface area contributed by atoms with Gasteiger partial charge in [-0.1, -0.05) is 159 Å². The molecule has 0 fully saturated rings. The maximum atomic E-state index is 6.92. The first kappa shape index (κ1) is 39.6. The summed E-state index contributed by atoms with van der Waals surface area (Å²) in [6.45, 7) is 11.1. The van der Waals surface area contributed by atoms with Crippen molar-refractivity contribution in [2.24, 2.45) is 4.99 Å². The summed E-state index contributed by atoms with van der Waals surface area (Å²) in [6, 6.07) is 63.6. The summed E-state index contributed by atoms with van der Waals surface area (Å²) in [6.07, 6.45) is 1.61. The number of aryl methyl sites for hydroxylation is 2. The fourth-order valence-electron chi connectivity index (χ4n) is 9.12. The number of hydrogen-bond donors (Lipinski definition) is 0. The summed E-state index contributed by atoms with van der Waals surface area (Å²) >= 11 is 0. The SMILES string of the molecule is Cc1ccc2c(c1)c1cc(C)c(-n3c4ccc(-c5ccccc5)cc4c4cccnc43)[c-]c1n2-c1[c-]c(C2=N[C@H](c3ccccc3)[C@@H](c3ccccc3)O2)cc(C(C)(C)C)c1.[Pt+2]. The number of ether oxygens (including phenoxy) is 1. The molecular weight excluding hydrogens is 940 g/mol. The van der Waals surface area contributed by atoms with Gasteiger partial charge in [-0.05, 0) is 76.0 Å². The molecule has 0 unspecified atom stereocenters. The molecule has 0 bridgehead atoms. The van der Waals surface area contributed by atoms with Gasteiger partial charge in [0, 0.05) is 22.5 Å². The monoisotopic (exact) mass is 983 g/mol. The van der Waals surface area contributed by atoms with Gasteiger partial charge < -0.3 is 13.9 Å². The van der Waals surface area contributed by atoms with Crippen molar-refractivity contribution in [3.8, 4) is 22.5 Å². The zero-order valence-corrected chi connectivity index (χ0v) is 37.5. The molecule has 0 saturated heterocycles. The second kappa shape index (κ2) is 15.4. The Morgan fingerprint density at radius 1 is 0.597 bits per heavy atom. The average molecular weight is 984 g/mol. The molecule has 5 nitrogen and oxygen atoms in total. The molecule has 10 aromatic rings. The number of pyridine rings is 1. The Morgan fingerprint density at radius 3 is 2.02 bits per heavy atom. The summed E-state index contributed by atoms with van der Waals surface area (Å²) < 4.78 is 11.5. The third-order valence-electron chi connectivity index (χ3n) is 12.2. The number of fused-ring (bicyclic) bond motifs is 6. The van der Waals surface area contributed by atoms with Crippen molar-refractivity contribution in [2.75, 3.05) is 0 Å². The summed E-state index contributed by atoms with van der Waals surface area (Å²) in [4.78, 5) is 10.4. The molecule has 0 aliphatic carbocycles. The van der Waals surface area contributed by atoms with E-state index in [2.05, 4.69) is 195 Å². The molecule has 304 valence electrons. The first-order chi connectivity index (χ1) is 29.7. The molecule has 7 aromatic carbocycles. The fraction of sp³-hybridized carbons (Fsp3) is 0.143. The standard InChI is InChI=1S/C56H44N4O.Pt/c1-35-23-25-48-45(28-35)46-29-36(2)50(60-49-26-24-40(37-16-9-6-10-17-37)32-47(49)44-22-15-27-57-54(44)60)34-51(46)59(48)43-31-41(30-42(33-43)56(3,4)5)55-58-52(38-18-11-7-12-19-38)53(61-55)39-20-13-8-14-21-39;/h6-30,32-33,52-53H,1-5H3;/q-2;+2/t52-,53-;/m1./s1. The Morgan fingerprint density at radius 2 is 1.27 bits per heavy atom. The van der Waals surface area contributed by atoms with Crippen LogP contribution in [0.2, 0.25) is 0 Å². The van der Waals surface area contributed by atoms with Gasteiger partial charge in [-0.25, -0.2) is 4.98 Å². The van der Waals surface area contributed by atoms with E-state index in [9.17, 15) is 0 Å². The van der Waals surface area contributed by atoms with Crippen LogP contribution in [0.4, 0.5) is 0 Å². The van der Waals surface area contributed by atoms with Crippen molar-refractivity contribution in [1.29, 1.82) is 0 Å². The zero-order chi connectivity index (χ0) is 41.4. The number of hydrogen-bond acceptors (Lipinski definition) is 3. The van der Waals surface area contributed by atoms with Crippen LogP contribution in [-0.4, -0.2) is 20.0 Å². The van der Waals surface area contributed by atoms with Gasteiger partial charge in [-0.3, -0.25) is 4.99 Å². The summed E-state index contributed by atoms with van der Waals surface area (Å²) in [5.41, 5.74) is 14.6. The van der Waals surface area contributed by atoms with E-state index in [0.717, 1.165) is 77.5 Å². The largest absolute Gasteiger partial charge is 2.00 e. The van der Waals surface area contributed by atoms with E-state index in [1.165, 1.54) is 22.1 Å². The van der Waals surface area contributed by atoms with E-state index in [-0.39, 0.29) is 38.6 Å². The van der Waals surface area contributed by atoms with Crippen molar-refractivity contribution in [3.63, 3.8) is 0 Å². The first-order valence-electron chi connectivity index (χ1n) is 21.1. The second-order valence-electron chi connectivity index (χ2n) is 17.4. The molecular formula is C56H44N4OPt. The van der Waals surface area contributed by atoms with Crippen molar-refractivity contribution < 1.29 is 25.8 Å². The van der Waals surface area contributed by atoms with E-state index in [1.54, 1.807) is 0 Å². The van der Waals surface area contributed by atoms with Crippen LogP contribution in [0.3, 0.4) is 0 Å². The molecule has 6 heteroatoms. The van der Waals surface area contributed by atoms with Crippen LogP contribution in [0.15, 0.2) is 169 Å². The molecule has 0 spiro atoms. The third-order valence-corrected chi connectivity index (χ3v) is 12.2. The van der Waals surface area contributed by atoms with Crippen molar-refractivity contribution >= 4 is 49.6 Å². The quantitative estimate of drug-likeness (QED) is 0.156. The topological polar surface area (TPSA) is 44.3 Å². The molecule has 0 saturated carbocycles. The van der Waals surface area contributed by atoms with Crippen LogP contribution < -0.4 is 0 Å². The van der Waals surface area contributed by atoms with Crippen LogP contribution in [0, 0.1) is 26.0 Å². The molecule has 1 aliphatic rings. The average Bonchev–Trinajstić information content (AvgIpc) is 3.97. The van der Waals surface area contributed by atoms with Crippen LogP contribution >= 0.6 is 0 Å². The predicted molar refractivity (Wildman–Crippen MR) is 250 cm³/mol. The van der Waals surface area contributed by atoms with Crippen LogP contribution in [0.1, 0.15) is 66.3 Å². The molecule has 3 aromatic heterocycles. The Labute approximate surface area is 376 Å². The van der Waals surface area contributed by atoms with Gasteiger partial charge in [-0.2, -0.15) is 6.07 Å². The summed E-state index contributed by atoms with van der Waals surface area (Å²) in [5, 5.41) is 4.57. The van der Waals surface area contributed by atoms with Crippen molar-refractivity contribution in [3.05, 3.63) is 209 Å². The molecule has 0 N–H and O–H groups in total. The number of nitrogens with zero attached hydrogens (tertiary/aromatic N) is 4. The van der Waals surface area contributed by atoms with Crippen molar-refractivity contribution in [1.82, 2.24) is 14.1 Å². The zero-order valence-electron chi connectivity index (χ0n) is 35.3. The van der Waals surface area contributed by atoms with Gasteiger partial charge in [0.1, 0.15) is 23.7 Å². The number of aliphatic imine (C=N–C) groups is 1. The normalized spacial score (nSPS) is 15.3. The Balaban J connectivity index is 0.00000458. The minimum absolute atomic E-state index is 0. The van der Waals surface area contributed by atoms with Gasteiger partial charge in [0.25, 0.3) is 0 Å².